The van der Waals surface area contributed by atoms with E-state index in [1.807, 2.05) is 0 Å². The Morgan fingerprint density at radius 3 is 2.79 bits per heavy atom. The van der Waals surface area contributed by atoms with E-state index in [0.717, 1.165) is 44.2 Å². The van der Waals surface area contributed by atoms with Gasteiger partial charge in [-0.15, -0.1) is 0 Å². The molecule has 2 fully saturated rings. The maximum Gasteiger partial charge on any atom is 0.224 e. The predicted octanol–water partition coefficient (Wildman–Crippen LogP) is 2.44. The molecule has 1 saturated heterocycles. The fourth-order valence-corrected chi connectivity index (χ4v) is 4.17. The molecule has 2 aliphatic carbocycles. The lowest BCUT2D eigenvalue weighted by atomic mass is 10.0. The summed E-state index contributed by atoms with van der Waals surface area (Å²) in [5.74, 6) is 2.62. The largest absolute Gasteiger partial charge is 0.354 e. The molecule has 24 heavy (non-hydrogen) atoms. The first-order valence-corrected chi connectivity index (χ1v) is 9.50. The van der Waals surface area contributed by atoms with E-state index in [0.29, 0.717) is 18.2 Å². The van der Waals surface area contributed by atoms with Crippen molar-refractivity contribution in [2.45, 2.75) is 58.4 Å². The second-order valence-corrected chi connectivity index (χ2v) is 7.97. The zero-order chi connectivity index (χ0) is 16.7. The highest BCUT2D eigenvalue weighted by molar-refractivity contribution is 5.78. The highest BCUT2D eigenvalue weighted by Crippen LogP contribution is 2.34. The molecule has 5 heteroatoms. The van der Waals surface area contributed by atoms with Crippen LogP contribution in [0.1, 0.15) is 50.8 Å². The number of hydrogen-bond acceptors (Lipinski definition) is 4. The third-order valence-corrected chi connectivity index (χ3v) is 5.80. The van der Waals surface area contributed by atoms with Crippen LogP contribution in [0.5, 0.6) is 0 Å². The Morgan fingerprint density at radius 2 is 2.04 bits per heavy atom. The van der Waals surface area contributed by atoms with Gasteiger partial charge in [-0.2, -0.15) is 0 Å². The van der Waals surface area contributed by atoms with Gasteiger partial charge in [0, 0.05) is 37.3 Å². The van der Waals surface area contributed by atoms with E-state index in [1.54, 1.807) is 6.33 Å². The van der Waals surface area contributed by atoms with Gasteiger partial charge < -0.3 is 9.80 Å². The van der Waals surface area contributed by atoms with E-state index in [1.165, 1.54) is 30.5 Å². The van der Waals surface area contributed by atoms with Gasteiger partial charge in [0.25, 0.3) is 0 Å². The van der Waals surface area contributed by atoms with E-state index < -0.39 is 0 Å². The number of carbonyl (C=O) groups excluding carboxylic acids is 1. The standard InChI is InChI=1S/C19H28N4O/c1-13(2)17-11-22(9-8-18(24)23(17)10-14-6-7-14)19-15-4-3-5-16(15)20-12-21-19/h12-14,17H,3-11H2,1-2H3. The van der Waals surface area contributed by atoms with Crippen molar-refractivity contribution in [2.24, 2.45) is 11.8 Å². The minimum Gasteiger partial charge on any atom is -0.354 e. The number of carbonyl (C=O) groups is 1. The zero-order valence-corrected chi connectivity index (χ0v) is 14.9. The molecule has 0 radical (unpaired) electrons. The smallest absolute Gasteiger partial charge is 0.224 e. The first-order valence-electron chi connectivity index (χ1n) is 9.50. The minimum atomic E-state index is 0.285. The predicted molar refractivity (Wildman–Crippen MR) is 94.0 cm³/mol. The quantitative estimate of drug-likeness (QED) is 0.852. The van der Waals surface area contributed by atoms with Crippen LogP contribution >= 0.6 is 0 Å². The van der Waals surface area contributed by atoms with Gasteiger partial charge in [0.15, 0.2) is 0 Å². The molecule has 1 aliphatic heterocycles. The Bertz CT molecular complexity index is 626. The van der Waals surface area contributed by atoms with Gasteiger partial charge in [0.1, 0.15) is 12.1 Å². The van der Waals surface area contributed by atoms with Crippen LogP contribution in [-0.4, -0.2) is 46.5 Å². The van der Waals surface area contributed by atoms with Gasteiger partial charge in [0.05, 0.1) is 6.04 Å². The van der Waals surface area contributed by atoms with Gasteiger partial charge in [-0.05, 0) is 43.9 Å². The number of aromatic nitrogens is 2. The van der Waals surface area contributed by atoms with Crippen molar-refractivity contribution in [3.05, 3.63) is 17.6 Å². The van der Waals surface area contributed by atoms with Gasteiger partial charge in [-0.1, -0.05) is 13.8 Å². The summed E-state index contributed by atoms with van der Waals surface area (Å²) in [6, 6.07) is 0.285. The Labute approximate surface area is 144 Å². The number of fused-ring (bicyclic) bond motifs is 1. The molecule has 0 spiro atoms. The summed E-state index contributed by atoms with van der Waals surface area (Å²) in [5, 5.41) is 0. The molecule has 1 amide bonds. The number of hydrogen-bond donors (Lipinski definition) is 0. The molecule has 1 atom stereocenters. The fraction of sp³-hybridized carbons (Fsp3) is 0.737. The average Bonchev–Trinajstić information content (AvgIpc) is 3.28. The lowest BCUT2D eigenvalue weighted by Crippen LogP contribution is -2.47. The molecule has 3 aliphatic rings. The highest BCUT2D eigenvalue weighted by atomic mass is 16.2. The van der Waals surface area contributed by atoms with Gasteiger partial charge in [0.2, 0.25) is 5.91 Å². The molecule has 0 bridgehead atoms. The topological polar surface area (TPSA) is 49.3 Å². The summed E-state index contributed by atoms with van der Waals surface area (Å²) in [4.78, 5) is 26.4. The molecule has 1 unspecified atom stereocenters. The van der Waals surface area contributed by atoms with E-state index in [9.17, 15) is 4.79 Å². The molecular formula is C19H28N4O. The molecule has 0 N–H and O–H groups in total. The lowest BCUT2D eigenvalue weighted by Gasteiger charge is -2.35. The third-order valence-electron chi connectivity index (χ3n) is 5.80. The molecule has 1 saturated carbocycles. The zero-order valence-electron chi connectivity index (χ0n) is 14.9. The molecule has 2 heterocycles. The van der Waals surface area contributed by atoms with Crippen LogP contribution in [0.15, 0.2) is 6.33 Å². The van der Waals surface area contributed by atoms with E-state index in [-0.39, 0.29) is 6.04 Å². The monoisotopic (exact) mass is 328 g/mol. The number of amides is 1. The third kappa shape index (κ3) is 3.01. The average molecular weight is 328 g/mol. The van der Waals surface area contributed by atoms with Crippen molar-refractivity contribution in [3.63, 3.8) is 0 Å². The maximum absolute atomic E-state index is 12.8. The number of nitrogens with zero attached hydrogens (tertiary/aromatic N) is 4. The molecule has 4 rings (SSSR count). The first-order chi connectivity index (χ1) is 11.6. The van der Waals surface area contributed by atoms with Crippen LogP contribution in [0.3, 0.4) is 0 Å². The summed E-state index contributed by atoms with van der Waals surface area (Å²) < 4.78 is 0. The summed E-state index contributed by atoms with van der Waals surface area (Å²) in [7, 11) is 0. The van der Waals surface area contributed by atoms with E-state index >= 15 is 0 Å². The highest BCUT2D eigenvalue weighted by Gasteiger charge is 2.36. The summed E-state index contributed by atoms with van der Waals surface area (Å²) in [6.07, 6.45) is 8.21. The summed E-state index contributed by atoms with van der Waals surface area (Å²) in [5.41, 5.74) is 2.54. The Balaban J connectivity index is 1.61. The van der Waals surface area contributed by atoms with Crippen LogP contribution in [0.4, 0.5) is 5.82 Å². The van der Waals surface area contributed by atoms with Crippen LogP contribution in [0.25, 0.3) is 0 Å². The van der Waals surface area contributed by atoms with Crippen LogP contribution in [-0.2, 0) is 17.6 Å². The SMILES string of the molecule is CC(C)C1CN(c2ncnc3c2CCC3)CCC(=O)N1CC1CC1. The first kappa shape index (κ1) is 15.9. The van der Waals surface area contributed by atoms with Crippen molar-refractivity contribution in [1.29, 1.82) is 0 Å². The Kier molecular flexibility index (Phi) is 4.19. The molecule has 1 aromatic rings. The van der Waals surface area contributed by atoms with Gasteiger partial charge >= 0.3 is 0 Å². The van der Waals surface area contributed by atoms with Crippen LogP contribution in [0, 0.1) is 11.8 Å². The minimum absolute atomic E-state index is 0.285. The molecule has 130 valence electrons. The molecule has 5 nitrogen and oxygen atoms in total. The maximum atomic E-state index is 12.8. The molecule has 0 aromatic carbocycles. The van der Waals surface area contributed by atoms with Crippen LogP contribution < -0.4 is 4.90 Å². The van der Waals surface area contributed by atoms with Crippen molar-refractivity contribution in [3.8, 4) is 0 Å². The van der Waals surface area contributed by atoms with Crippen molar-refractivity contribution < 1.29 is 4.79 Å². The fourth-order valence-electron chi connectivity index (χ4n) is 4.17. The van der Waals surface area contributed by atoms with Crippen molar-refractivity contribution in [1.82, 2.24) is 14.9 Å². The lowest BCUT2D eigenvalue weighted by molar-refractivity contribution is -0.133. The van der Waals surface area contributed by atoms with Gasteiger partial charge in [-0.25, -0.2) is 9.97 Å². The van der Waals surface area contributed by atoms with Crippen molar-refractivity contribution >= 4 is 11.7 Å². The summed E-state index contributed by atoms with van der Waals surface area (Å²) >= 11 is 0. The van der Waals surface area contributed by atoms with E-state index in [4.69, 9.17) is 0 Å². The molecular weight excluding hydrogens is 300 g/mol. The molecule has 1 aromatic heterocycles. The Hall–Kier alpha value is -1.65. The number of rotatable bonds is 4. The second kappa shape index (κ2) is 6.34. The van der Waals surface area contributed by atoms with E-state index in [2.05, 4.69) is 33.6 Å². The normalized spacial score (nSPS) is 24.5. The Morgan fingerprint density at radius 1 is 1.21 bits per heavy atom. The number of anilines is 1. The van der Waals surface area contributed by atoms with Gasteiger partial charge in [-0.3, -0.25) is 4.79 Å². The number of aryl methyl sites for hydroxylation is 1. The van der Waals surface area contributed by atoms with Crippen molar-refractivity contribution in [2.75, 3.05) is 24.5 Å². The summed E-state index contributed by atoms with van der Waals surface area (Å²) in [6.45, 7) is 7.13. The second-order valence-electron chi connectivity index (χ2n) is 7.97. The van der Waals surface area contributed by atoms with Crippen LogP contribution in [0.2, 0.25) is 0 Å².